The average Bonchev–Trinajstić information content (AvgIpc) is 2.66. The fourth-order valence-corrected chi connectivity index (χ4v) is 3.62. The smallest absolute Gasteiger partial charge is 0.308 e. The average molecular weight is 488 g/mol. The van der Waals surface area contributed by atoms with E-state index in [1.54, 1.807) is 25.3 Å². The predicted molar refractivity (Wildman–Crippen MR) is 109 cm³/mol. The van der Waals surface area contributed by atoms with E-state index in [0.717, 1.165) is 22.8 Å². The van der Waals surface area contributed by atoms with Crippen LogP contribution in [0.4, 0.5) is 0 Å². The predicted octanol–water partition coefficient (Wildman–Crippen LogP) is 2.36. The fraction of sp³-hybridized carbons (Fsp3) is 0.526. The van der Waals surface area contributed by atoms with Gasteiger partial charge in [0.1, 0.15) is 11.8 Å². The lowest BCUT2D eigenvalue weighted by atomic mass is 10.1. The van der Waals surface area contributed by atoms with E-state index in [2.05, 4.69) is 34.8 Å². The third-order valence-corrected chi connectivity index (χ3v) is 5.20. The second-order valence-corrected chi connectivity index (χ2v) is 7.45. The van der Waals surface area contributed by atoms with Gasteiger partial charge in [0, 0.05) is 18.7 Å². The summed E-state index contributed by atoms with van der Waals surface area (Å²) in [7, 11) is 1.57. The number of carbonyl (C=O) groups excluding carboxylic acids is 3. The Kier molecular flexibility index (Phi) is 8.33. The van der Waals surface area contributed by atoms with Crippen molar-refractivity contribution in [2.24, 2.45) is 0 Å². The number of esters is 1. The van der Waals surface area contributed by atoms with Crippen LogP contribution in [0.5, 0.6) is 5.75 Å². The molecule has 1 aromatic carbocycles. The van der Waals surface area contributed by atoms with Gasteiger partial charge in [-0.1, -0.05) is 19.8 Å². The Bertz CT molecular complexity index is 695. The Morgan fingerprint density at radius 2 is 2.11 bits per heavy atom. The van der Waals surface area contributed by atoms with Crippen LogP contribution in [0, 0.1) is 3.57 Å². The summed E-state index contributed by atoms with van der Waals surface area (Å²) in [5.74, 6) is -0.400. The summed E-state index contributed by atoms with van der Waals surface area (Å²) in [6.45, 7) is 3.12. The number of rotatable bonds is 8. The van der Waals surface area contributed by atoms with Gasteiger partial charge in [0.25, 0.3) is 5.91 Å². The molecular formula is C19H25IN2O5. The summed E-state index contributed by atoms with van der Waals surface area (Å²) in [6.07, 6.45) is 2.67. The zero-order valence-corrected chi connectivity index (χ0v) is 17.8. The first-order chi connectivity index (χ1) is 13.0. The number of amides is 2. The van der Waals surface area contributed by atoms with Crippen LogP contribution in [-0.4, -0.2) is 55.5 Å². The van der Waals surface area contributed by atoms with Gasteiger partial charge in [0.15, 0.2) is 0 Å². The van der Waals surface area contributed by atoms with Crippen molar-refractivity contribution in [3.05, 3.63) is 27.3 Å². The summed E-state index contributed by atoms with van der Waals surface area (Å²) >= 11 is 2.09. The molecule has 1 heterocycles. The molecule has 1 unspecified atom stereocenters. The Morgan fingerprint density at radius 1 is 1.33 bits per heavy atom. The van der Waals surface area contributed by atoms with E-state index in [1.165, 1.54) is 4.90 Å². The molecule has 1 aromatic rings. The van der Waals surface area contributed by atoms with Crippen LogP contribution in [0.3, 0.4) is 0 Å². The lowest BCUT2D eigenvalue weighted by Gasteiger charge is -2.34. The molecule has 0 bridgehead atoms. The zero-order valence-electron chi connectivity index (χ0n) is 15.6. The van der Waals surface area contributed by atoms with Gasteiger partial charge < -0.3 is 19.7 Å². The van der Waals surface area contributed by atoms with Gasteiger partial charge in [-0.2, -0.15) is 0 Å². The first-order valence-corrected chi connectivity index (χ1v) is 10.1. The number of piperazine rings is 1. The normalized spacial score (nSPS) is 16.6. The molecule has 7 nitrogen and oxygen atoms in total. The standard InChI is InChI=1S/C19H25IN2O5/c1-3-4-5-10-27-17(23)12-15-18(24)21-8-9-22(15)19(25)13-6-7-16(26-2)14(20)11-13/h6-7,11,15H,3-5,8-10,12H2,1-2H3,(H,21,24). The molecular weight excluding hydrogens is 463 g/mol. The van der Waals surface area contributed by atoms with E-state index in [-0.39, 0.29) is 18.2 Å². The maximum absolute atomic E-state index is 12.9. The van der Waals surface area contributed by atoms with Crippen molar-refractivity contribution in [3.8, 4) is 5.75 Å². The molecule has 1 aliphatic rings. The molecule has 0 saturated carbocycles. The summed E-state index contributed by atoms with van der Waals surface area (Å²) in [6, 6.07) is 4.24. The van der Waals surface area contributed by atoms with E-state index in [4.69, 9.17) is 9.47 Å². The van der Waals surface area contributed by atoms with Crippen molar-refractivity contribution in [1.82, 2.24) is 10.2 Å². The van der Waals surface area contributed by atoms with E-state index >= 15 is 0 Å². The molecule has 2 amide bonds. The highest BCUT2D eigenvalue weighted by Crippen LogP contribution is 2.23. The SMILES string of the molecule is CCCCCOC(=O)CC1C(=O)NCCN1C(=O)c1ccc(OC)c(I)c1. The Balaban J connectivity index is 2.08. The van der Waals surface area contributed by atoms with Gasteiger partial charge >= 0.3 is 5.97 Å². The van der Waals surface area contributed by atoms with Crippen LogP contribution in [0.2, 0.25) is 0 Å². The van der Waals surface area contributed by atoms with E-state index in [1.807, 2.05) is 0 Å². The van der Waals surface area contributed by atoms with Gasteiger partial charge in [-0.25, -0.2) is 0 Å². The first kappa shape index (κ1) is 21.5. The Morgan fingerprint density at radius 3 is 2.78 bits per heavy atom. The highest BCUT2D eigenvalue weighted by molar-refractivity contribution is 14.1. The van der Waals surface area contributed by atoms with Crippen molar-refractivity contribution < 1.29 is 23.9 Å². The molecule has 1 N–H and O–H groups in total. The number of hydrogen-bond acceptors (Lipinski definition) is 5. The molecule has 148 valence electrons. The minimum absolute atomic E-state index is 0.142. The number of ether oxygens (including phenoxy) is 2. The molecule has 1 fully saturated rings. The number of nitrogens with zero attached hydrogens (tertiary/aromatic N) is 1. The maximum atomic E-state index is 12.9. The lowest BCUT2D eigenvalue weighted by molar-refractivity contribution is -0.147. The number of methoxy groups -OCH3 is 1. The molecule has 1 aliphatic heterocycles. The molecule has 8 heteroatoms. The summed E-state index contributed by atoms with van der Waals surface area (Å²) in [5.41, 5.74) is 0.455. The van der Waals surface area contributed by atoms with Gasteiger partial charge in [0.05, 0.1) is 23.7 Å². The third-order valence-electron chi connectivity index (χ3n) is 4.36. The quantitative estimate of drug-likeness (QED) is 0.345. The Labute approximate surface area is 172 Å². The van der Waals surface area contributed by atoms with Crippen molar-refractivity contribution >= 4 is 40.4 Å². The largest absolute Gasteiger partial charge is 0.496 e. The van der Waals surface area contributed by atoms with Gasteiger partial charge in [-0.15, -0.1) is 0 Å². The number of hydrogen-bond donors (Lipinski definition) is 1. The second-order valence-electron chi connectivity index (χ2n) is 6.29. The Hall–Kier alpha value is -1.84. The number of unbranched alkanes of at least 4 members (excludes halogenated alkanes) is 2. The molecule has 0 aromatic heterocycles. The fourth-order valence-electron chi connectivity index (χ4n) is 2.88. The van der Waals surface area contributed by atoms with E-state index in [9.17, 15) is 14.4 Å². The molecule has 1 saturated heterocycles. The van der Waals surface area contributed by atoms with Crippen LogP contribution in [0.1, 0.15) is 43.0 Å². The molecule has 2 rings (SSSR count). The number of benzene rings is 1. The van der Waals surface area contributed by atoms with Crippen molar-refractivity contribution in [2.45, 2.75) is 38.6 Å². The second kappa shape index (κ2) is 10.5. The van der Waals surface area contributed by atoms with Crippen LogP contribution >= 0.6 is 22.6 Å². The molecule has 0 aliphatic carbocycles. The summed E-state index contributed by atoms with van der Waals surface area (Å²) in [5, 5.41) is 2.72. The number of halogens is 1. The zero-order chi connectivity index (χ0) is 19.8. The van der Waals surface area contributed by atoms with Crippen molar-refractivity contribution in [2.75, 3.05) is 26.8 Å². The lowest BCUT2D eigenvalue weighted by Crippen LogP contribution is -2.57. The van der Waals surface area contributed by atoms with Crippen LogP contribution < -0.4 is 10.1 Å². The minimum atomic E-state index is -0.857. The van der Waals surface area contributed by atoms with Crippen LogP contribution in [0.25, 0.3) is 0 Å². The first-order valence-electron chi connectivity index (χ1n) is 9.05. The molecule has 1 atom stereocenters. The summed E-state index contributed by atoms with van der Waals surface area (Å²) in [4.78, 5) is 38.8. The van der Waals surface area contributed by atoms with Crippen LogP contribution in [0.15, 0.2) is 18.2 Å². The van der Waals surface area contributed by atoms with E-state index < -0.39 is 12.0 Å². The number of nitrogens with one attached hydrogen (secondary N) is 1. The highest BCUT2D eigenvalue weighted by Gasteiger charge is 2.35. The van der Waals surface area contributed by atoms with Crippen LogP contribution in [-0.2, 0) is 14.3 Å². The third kappa shape index (κ3) is 5.82. The monoisotopic (exact) mass is 488 g/mol. The van der Waals surface area contributed by atoms with Gasteiger partial charge in [-0.3, -0.25) is 14.4 Å². The van der Waals surface area contributed by atoms with Gasteiger partial charge in [-0.05, 0) is 47.2 Å². The van der Waals surface area contributed by atoms with Crippen molar-refractivity contribution in [1.29, 1.82) is 0 Å². The van der Waals surface area contributed by atoms with E-state index in [0.29, 0.717) is 31.0 Å². The summed E-state index contributed by atoms with van der Waals surface area (Å²) < 4.78 is 11.2. The topological polar surface area (TPSA) is 84.9 Å². The highest BCUT2D eigenvalue weighted by atomic mass is 127. The van der Waals surface area contributed by atoms with Gasteiger partial charge in [0.2, 0.25) is 5.91 Å². The van der Waals surface area contributed by atoms with Crippen molar-refractivity contribution in [3.63, 3.8) is 0 Å². The molecule has 0 radical (unpaired) electrons. The molecule has 27 heavy (non-hydrogen) atoms. The maximum Gasteiger partial charge on any atom is 0.308 e. The minimum Gasteiger partial charge on any atom is -0.496 e. The molecule has 0 spiro atoms. The number of carbonyl (C=O) groups is 3.